The first-order chi connectivity index (χ1) is 15.6. The van der Waals surface area contributed by atoms with E-state index in [1.807, 2.05) is 23.1 Å². The van der Waals surface area contributed by atoms with Crippen molar-refractivity contribution in [2.24, 2.45) is 11.8 Å². The van der Waals surface area contributed by atoms with E-state index in [0.29, 0.717) is 50.3 Å². The number of ether oxygens (including phenoxy) is 2. The molecule has 3 aliphatic heterocycles. The Morgan fingerprint density at radius 1 is 1.03 bits per heavy atom. The molecular weight excluding hydrogens is 409 g/mol. The van der Waals surface area contributed by atoms with Crippen molar-refractivity contribution in [3.05, 3.63) is 58.9 Å². The number of hydrogen-bond donors (Lipinski definition) is 1. The van der Waals surface area contributed by atoms with Gasteiger partial charge < -0.3 is 24.3 Å². The molecular formula is C26H28FNO4. The minimum Gasteiger partial charge on any atom is -0.508 e. The number of rotatable bonds is 4. The van der Waals surface area contributed by atoms with Crippen LogP contribution in [-0.4, -0.2) is 44.3 Å². The van der Waals surface area contributed by atoms with E-state index in [1.54, 1.807) is 18.2 Å². The fourth-order valence-corrected chi connectivity index (χ4v) is 5.14. The molecule has 0 atom stereocenters. The van der Waals surface area contributed by atoms with E-state index in [1.165, 1.54) is 5.57 Å². The van der Waals surface area contributed by atoms with Gasteiger partial charge in [-0.1, -0.05) is 6.07 Å². The molecule has 0 bridgehead atoms. The van der Waals surface area contributed by atoms with Gasteiger partial charge in [0.05, 0.1) is 5.69 Å². The minimum absolute atomic E-state index is 0.0796. The van der Waals surface area contributed by atoms with E-state index >= 15 is 4.39 Å². The Morgan fingerprint density at radius 2 is 1.81 bits per heavy atom. The third-order valence-corrected chi connectivity index (χ3v) is 6.96. The van der Waals surface area contributed by atoms with Crippen LogP contribution in [0.25, 0.3) is 5.57 Å². The summed E-state index contributed by atoms with van der Waals surface area (Å²) >= 11 is 0. The first-order valence-corrected chi connectivity index (χ1v) is 11.4. The largest absolute Gasteiger partial charge is 0.508 e. The number of benzene rings is 2. The second-order valence-corrected chi connectivity index (χ2v) is 8.88. The average Bonchev–Trinajstić information content (AvgIpc) is 2.84. The van der Waals surface area contributed by atoms with Gasteiger partial charge in [0.15, 0.2) is 0 Å². The number of piperidine rings is 1. The van der Waals surface area contributed by atoms with Gasteiger partial charge in [-0.25, -0.2) is 4.39 Å². The van der Waals surface area contributed by atoms with Gasteiger partial charge in [-0.3, -0.25) is 0 Å². The van der Waals surface area contributed by atoms with Crippen LogP contribution < -0.4 is 9.64 Å². The standard InChI is InChI=1S/C26H28FNO4/c27-23-13-19(1-4-24(23)28-9-5-17(15-29)6-10-28)26-21-3-2-20(30)14-25(21)32-16-22(26)18-7-11-31-12-8-18/h1-4,13-15,17-18,30H,5-12,16H2. The van der Waals surface area contributed by atoms with E-state index in [9.17, 15) is 9.90 Å². The lowest BCUT2D eigenvalue weighted by Gasteiger charge is -2.33. The van der Waals surface area contributed by atoms with Crippen LogP contribution in [0.2, 0.25) is 0 Å². The molecule has 0 aromatic heterocycles. The lowest BCUT2D eigenvalue weighted by Crippen LogP contribution is -2.34. The van der Waals surface area contributed by atoms with Gasteiger partial charge in [-0.05, 0) is 72.6 Å². The molecule has 5 nitrogen and oxygen atoms in total. The number of carbonyl (C=O) groups is 1. The van der Waals surface area contributed by atoms with Crippen LogP contribution in [0, 0.1) is 17.7 Å². The summed E-state index contributed by atoms with van der Waals surface area (Å²) in [5.74, 6) is 0.925. The van der Waals surface area contributed by atoms with Crippen LogP contribution in [-0.2, 0) is 9.53 Å². The first kappa shape index (κ1) is 21.0. The van der Waals surface area contributed by atoms with Crippen LogP contribution in [0.3, 0.4) is 0 Å². The summed E-state index contributed by atoms with van der Waals surface area (Å²) in [6.45, 7) is 3.23. The maximum absolute atomic E-state index is 15.4. The monoisotopic (exact) mass is 437 g/mol. The number of aromatic hydroxyl groups is 1. The van der Waals surface area contributed by atoms with Gasteiger partial charge in [0, 0.05) is 43.9 Å². The van der Waals surface area contributed by atoms with Crippen molar-refractivity contribution >= 4 is 17.5 Å². The van der Waals surface area contributed by atoms with Crippen molar-refractivity contribution < 1.29 is 23.8 Å². The zero-order valence-corrected chi connectivity index (χ0v) is 18.1. The van der Waals surface area contributed by atoms with Crippen molar-refractivity contribution in [2.45, 2.75) is 25.7 Å². The molecule has 0 amide bonds. The Morgan fingerprint density at radius 3 is 2.53 bits per heavy atom. The number of nitrogens with zero attached hydrogens (tertiary/aromatic N) is 1. The predicted molar refractivity (Wildman–Crippen MR) is 121 cm³/mol. The molecule has 2 fully saturated rings. The maximum atomic E-state index is 15.4. The molecule has 1 N–H and O–H groups in total. The third-order valence-electron chi connectivity index (χ3n) is 6.96. The van der Waals surface area contributed by atoms with Crippen LogP contribution in [0.1, 0.15) is 36.8 Å². The van der Waals surface area contributed by atoms with Gasteiger partial charge in [-0.2, -0.15) is 0 Å². The fraction of sp³-hybridized carbons (Fsp3) is 0.423. The smallest absolute Gasteiger partial charge is 0.147 e. The molecule has 0 aliphatic carbocycles. The van der Waals surface area contributed by atoms with E-state index in [0.717, 1.165) is 48.7 Å². The van der Waals surface area contributed by atoms with Crippen molar-refractivity contribution in [1.82, 2.24) is 0 Å². The Labute approximate surface area is 187 Å². The Bertz CT molecular complexity index is 1040. The van der Waals surface area contributed by atoms with Crippen molar-refractivity contribution in [1.29, 1.82) is 0 Å². The molecule has 32 heavy (non-hydrogen) atoms. The highest BCUT2D eigenvalue weighted by Crippen LogP contribution is 2.43. The van der Waals surface area contributed by atoms with Gasteiger partial charge in [-0.15, -0.1) is 0 Å². The van der Waals surface area contributed by atoms with Gasteiger partial charge in [0.25, 0.3) is 0 Å². The zero-order chi connectivity index (χ0) is 22.1. The second-order valence-electron chi connectivity index (χ2n) is 8.88. The molecule has 2 saturated heterocycles. The highest BCUT2D eigenvalue weighted by Gasteiger charge is 2.29. The number of hydrogen-bond acceptors (Lipinski definition) is 5. The Hall–Kier alpha value is -2.86. The van der Waals surface area contributed by atoms with Crippen molar-refractivity contribution in [3.63, 3.8) is 0 Å². The zero-order valence-electron chi connectivity index (χ0n) is 18.1. The summed E-state index contributed by atoms with van der Waals surface area (Å²) in [5, 5.41) is 9.92. The SMILES string of the molecule is O=CC1CCN(c2ccc(C3=C(C4CCOCC4)COc4cc(O)ccc43)cc2F)CC1. The molecule has 0 saturated carbocycles. The van der Waals surface area contributed by atoms with Gasteiger partial charge >= 0.3 is 0 Å². The number of phenolic OH excluding ortho intramolecular Hbond substituents is 1. The number of aldehydes is 1. The number of phenols is 1. The Kier molecular flexibility index (Phi) is 5.87. The maximum Gasteiger partial charge on any atom is 0.147 e. The summed E-state index contributed by atoms with van der Waals surface area (Å²) < 4.78 is 26.9. The fourth-order valence-electron chi connectivity index (χ4n) is 5.14. The van der Waals surface area contributed by atoms with E-state index in [2.05, 4.69) is 0 Å². The van der Waals surface area contributed by atoms with E-state index in [-0.39, 0.29) is 17.5 Å². The number of fused-ring (bicyclic) bond motifs is 1. The summed E-state index contributed by atoms with van der Waals surface area (Å²) in [7, 11) is 0. The normalized spacial score (nSPS) is 20.1. The molecule has 168 valence electrons. The molecule has 0 spiro atoms. The molecule has 0 unspecified atom stereocenters. The lowest BCUT2D eigenvalue weighted by atomic mass is 9.82. The molecule has 3 aliphatic rings. The highest BCUT2D eigenvalue weighted by molar-refractivity contribution is 5.87. The quantitative estimate of drug-likeness (QED) is 0.711. The number of carbonyl (C=O) groups excluding carboxylic acids is 1. The topological polar surface area (TPSA) is 59.0 Å². The summed E-state index contributed by atoms with van der Waals surface area (Å²) in [4.78, 5) is 13.1. The average molecular weight is 438 g/mol. The summed E-state index contributed by atoms with van der Waals surface area (Å²) in [6, 6.07) is 10.6. The minimum atomic E-state index is -0.252. The molecule has 0 radical (unpaired) electrons. The lowest BCUT2D eigenvalue weighted by molar-refractivity contribution is -0.111. The summed E-state index contributed by atoms with van der Waals surface area (Å²) in [5.41, 5.74) is 4.47. The number of halogens is 1. The Balaban J connectivity index is 1.53. The molecule has 2 aromatic carbocycles. The molecule has 6 heteroatoms. The molecule has 5 rings (SSSR count). The summed E-state index contributed by atoms with van der Waals surface area (Å²) in [6.07, 6.45) is 4.38. The molecule has 3 heterocycles. The predicted octanol–water partition coefficient (Wildman–Crippen LogP) is 4.57. The third kappa shape index (κ3) is 3.99. The number of anilines is 1. The van der Waals surface area contributed by atoms with Crippen molar-refractivity contribution in [2.75, 3.05) is 37.8 Å². The van der Waals surface area contributed by atoms with Gasteiger partial charge in [0.2, 0.25) is 0 Å². The van der Waals surface area contributed by atoms with Crippen molar-refractivity contribution in [3.8, 4) is 11.5 Å². The van der Waals surface area contributed by atoms with Crippen LogP contribution in [0.5, 0.6) is 11.5 Å². The van der Waals surface area contributed by atoms with Crippen LogP contribution in [0.4, 0.5) is 10.1 Å². The van der Waals surface area contributed by atoms with Gasteiger partial charge in [0.1, 0.15) is 30.2 Å². The van der Waals surface area contributed by atoms with Crippen LogP contribution >= 0.6 is 0 Å². The first-order valence-electron chi connectivity index (χ1n) is 11.4. The van der Waals surface area contributed by atoms with Crippen LogP contribution in [0.15, 0.2) is 42.0 Å². The van der Waals surface area contributed by atoms with E-state index < -0.39 is 0 Å². The molecule has 2 aromatic rings. The second kappa shape index (κ2) is 8.94. The van der Waals surface area contributed by atoms with E-state index in [4.69, 9.17) is 9.47 Å². The highest BCUT2D eigenvalue weighted by atomic mass is 19.1.